The maximum atomic E-state index is 3.08. The zero-order valence-electron chi connectivity index (χ0n) is 6.38. The van der Waals surface area contributed by atoms with Gasteiger partial charge in [-0.15, -0.1) is 24.8 Å². The van der Waals surface area contributed by atoms with E-state index in [2.05, 4.69) is 43.5 Å². The van der Waals surface area contributed by atoms with Crippen LogP contribution >= 0.6 is 24.8 Å². The first-order chi connectivity index (χ1) is 4.93. The van der Waals surface area contributed by atoms with Crippen LogP contribution in [0.2, 0.25) is 4.89 Å². The van der Waals surface area contributed by atoms with Gasteiger partial charge in [-0.1, -0.05) is 0 Å². The topological polar surface area (TPSA) is 0 Å². The minimum atomic E-state index is 0. The van der Waals surface area contributed by atoms with Crippen molar-refractivity contribution >= 4 is 30.9 Å². The molecule has 12 heavy (non-hydrogen) atoms. The van der Waals surface area contributed by atoms with E-state index in [-0.39, 0.29) is 24.8 Å². The Bertz CT molecular complexity index is 209. The quantitative estimate of drug-likeness (QED) is 0.733. The van der Waals surface area contributed by atoms with E-state index in [9.17, 15) is 0 Å². The van der Waals surface area contributed by atoms with E-state index in [0.29, 0.717) is 0 Å². The van der Waals surface area contributed by atoms with Crippen molar-refractivity contribution in [2.45, 2.75) is 4.89 Å². The molecule has 1 rings (SSSR count). The Morgan fingerprint density at radius 3 is 2.17 bits per heavy atom. The molecule has 0 aliphatic carbocycles. The van der Waals surface area contributed by atoms with Crippen LogP contribution in [-0.2, 0) is 19.2 Å². The fourth-order valence-electron chi connectivity index (χ4n) is 0.738. The first kappa shape index (κ1) is 14.7. The van der Waals surface area contributed by atoms with Gasteiger partial charge in [-0.3, -0.25) is 0 Å². The van der Waals surface area contributed by atoms with Crippen LogP contribution in [0, 0.1) is 0 Å². The first-order valence-corrected chi connectivity index (χ1v) is 4.26. The molecule has 0 aliphatic rings. The fourth-order valence-corrected chi connectivity index (χ4v) is 0.921. The maximum absolute atomic E-state index is 3.08. The van der Waals surface area contributed by atoms with Gasteiger partial charge in [-0.25, -0.2) is 0 Å². The van der Waals surface area contributed by atoms with Crippen LogP contribution in [0.5, 0.6) is 0 Å². The Hall–Kier alpha value is 0.202. The summed E-state index contributed by atoms with van der Waals surface area (Å²) in [7, 11) is 0. The second-order valence-electron chi connectivity index (χ2n) is 1.94. The molecule has 0 radical (unpaired) electrons. The summed E-state index contributed by atoms with van der Waals surface area (Å²) in [5, 5.41) is 0. The second kappa shape index (κ2) is 9.29. The van der Waals surface area contributed by atoms with Crippen LogP contribution < -0.4 is 0 Å². The van der Waals surface area contributed by atoms with Crippen LogP contribution in [0.4, 0.5) is 0 Å². The molecule has 0 fully saturated rings. The van der Waals surface area contributed by atoms with E-state index in [1.807, 2.05) is 18.2 Å². The number of halogens is 2. The summed E-state index contributed by atoms with van der Waals surface area (Å²) in [5.41, 5.74) is 1.26. The molecule has 0 heterocycles. The molecule has 0 N–H and O–H groups in total. The third-order valence-electron chi connectivity index (χ3n) is 1.18. The Balaban J connectivity index is 0. The molecule has 1 aromatic carbocycles. The molecule has 0 saturated carbocycles. The number of rotatable bonds is 2. The van der Waals surface area contributed by atoms with Crippen molar-refractivity contribution in [3.8, 4) is 0 Å². The Morgan fingerprint density at radius 1 is 1.08 bits per heavy atom. The third kappa shape index (κ3) is 5.80. The zero-order valence-corrected chi connectivity index (χ0v) is 9.57. The van der Waals surface area contributed by atoms with E-state index in [1.165, 1.54) is 5.56 Å². The van der Waals surface area contributed by atoms with Crippen LogP contribution in [0.15, 0.2) is 36.4 Å². The van der Waals surface area contributed by atoms with Gasteiger partial charge >= 0.3 is 72.1 Å². The summed E-state index contributed by atoms with van der Waals surface area (Å²) >= 11 is 3.08. The van der Waals surface area contributed by atoms with Crippen molar-refractivity contribution in [3.05, 3.63) is 42.0 Å². The SMILES string of the molecule is Cl.Cl.[Pd][CH2]C=Cc1ccccc1. The molecule has 0 amide bonds. The zero-order chi connectivity index (χ0) is 7.23. The van der Waals surface area contributed by atoms with E-state index in [1.54, 1.807) is 0 Å². The summed E-state index contributed by atoms with van der Waals surface area (Å²) in [5.74, 6) is 0. The molecule has 0 atom stereocenters. The van der Waals surface area contributed by atoms with E-state index < -0.39 is 0 Å². The molecular weight excluding hydrogens is 285 g/mol. The van der Waals surface area contributed by atoms with Gasteiger partial charge in [0.15, 0.2) is 0 Å². The number of hydrogen-bond acceptors (Lipinski definition) is 0. The summed E-state index contributed by atoms with van der Waals surface area (Å²) in [6.07, 6.45) is 4.20. The average Bonchev–Trinajstić information content (AvgIpc) is 2.03. The van der Waals surface area contributed by atoms with Gasteiger partial charge in [0.1, 0.15) is 0 Å². The summed E-state index contributed by atoms with van der Waals surface area (Å²) in [6.45, 7) is 0. The molecule has 0 bridgehead atoms. The van der Waals surface area contributed by atoms with Crippen LogP contribution in [0.1, 0.15) is 5.56 Å². The van der Waals surface area contributed by atoms with Crippen molar-refractivity contribution in [2.24, 2.45) is 0 Å². The summed E-state index contributed by atoms with van der Waals surface area (Å²) in [6, 6.07) is 10.3. The number of benzene rings is 1. The molecule has 0 saturated heterocycles. The predicted octanol–water partition coefficient (Wildman–Crippen LogP) is 3.51. The first-order valence-electron chi connectivity index (χ1n) is 3.16. The molecule has 1 aromatic rings. The standard InChI is InChI=1S/C9H9.2ClH.Pd/c1-2-6-9-7-4-3-5-8-9;;;/h2-8H,1H2;2*1H;. The summed E-state index contributed by atoms with van der Waals surface area (Å²) < 4.78 is 0. The number of allylic oxidation sites excluding steroid dienone is 1. The normalized spacial score (nSPS) is 8.83. The Morgan fingerprint density at radius 2 is 1.67 bits per heavy atom. The van der Waals surface area contributed by atoms with Gasteiger partial charge in [0, 0.05) is 0 Å². The van der Waals surface area contributed by atoms with Crippen molar-refractivity contribution in [1.82, 2.24) is 0 Å². The average molecular weight is 297 g/mol. The van der Waals surface area contributed by atoms with E-state index >= 15 is 0 Å². The minimum absolute atomic E-state index is 0. The van der Waals surface area contributed by atoms with Gasteiger partial charge in [0.05, 0.1) is 0 Å². The molecular formula is C9H11Cl2Pd. The van der Waals surface area contributed by atoms with Gasteiger partial charge in [-0.05, 0) is 0 Å². The number of hydrogen-bond donors (Lipinski definition) is 0. The fraction of sp³-hybridized carbons (Fsp3) is 0.111. The van der Waals surface area contributed by atoms with E-state index in [0.717, 1.165) is 4.89 Å². The molecule has 0 nitrogen and oxygen atoms in total. The molecule has 0 aromatic heterocycles. The molecule has 71 valence electrons. The molecule has 0 unspecified atom stereocenters. The Kier molecular flexibility index (Phi) is 11.4. The van der Waals surface area contributed by atoms with Crippen LogP contribution in [0.25, 0.3) is 6.08 Å². The molecule has 3 heteroatoms. The monoisotopic (exact) mass is 295 g/mol. The van der Waals surface area contributed by atoms with E-state index in [4.69, 9.17) is 0 Å². The van der Waals surface area contributed by atoms with Crippen LogP contribution in [0.3, 0.4) is 0 Å². The van der Waals surface area contributed by atoms with Crippen LogP contribution in [-0.4, -0.2) is 0 Å². The van der Waals surface area contributed by atoms with Crippen molar-refractivity contribution < 1.29 is 19.2 Å². The van der Waals surface area contributed by atoms with Gasteiger partial charge in [0.2, 0.25) is 0 Å². The van der Waals surface area contributed by atoms with Gasteiger partial charge < -0.3 is 0 Å². The van der Waals surface area contributed by atoms with Gasteiger partial charge in [0.25, 0.3) is 0 Å². The summed E-state index contributed by atoms with van der Waals surface area (Å²) in [4.78, 5) is 0.956. The Labute approximate surface area is 96.7 Å². The predicted molar refractivity (Wildman–Crippen MR) is 54.8 cm³/mol. The van der Waals surface area contributed by atoms with Gasteiger partial charge in [-0.2, -0.15) is 0 Å². The molecule has 0 spiro atoms. The van der Waals surface area contributed by atoms with Crippen molar-refractivity contribution in [1.29, 1.82) is 0 Å². The van der Waals surface area contributed by atoms with Crippen molar-refractivity contribution in [2.75, 3.05) is 0 Å². The third-order valence-corrected chi connectivity index (χ3v) is 1.55. The second-order valence-corrected chi connectivity index (χ2v) is 2.58. The van der Waals surface area contributed by atoms with Crippen molar-refractivity contribution in [3.63, 3.8) is 0 Å². The molecule has 0 aliphatic heterocycles.